The van der Waals surface area contributed by atoms with Crippen LogP contribution in [-0.4, -0.2) is 5.11 Å². The SMILES string of the molecule is Oc1ccc(NCc2ccccc2OCc2ccc(F)cc2Cl)cc1. The number of phenols is 1. The maximum atomic E-state index is 13.1. The smallest absolute Gasteiger partial charge is 0.124 e. The number of hydrogen-bond donors (Lipinski definition) is 2. The van der Waals surface area contributed by atoms with Crippen LogP contribution in [0.4, 0.5) is 10.1 Å². The molecule has 2 N–H and O–H groups in total. The third kappa shape index (κ3) is 4.64. The number of halogens is 2. The molecule has 3 aromatic rings. The molecule has 0 aromatic heterocycles. The second-order valence-electron chi connectivity index (χ2n) is 5.53. The van der Waals surface area contributed by atoms with Crippen molar-refractivity contribution < 1.29 is 14.2 Å². The Morgan fingerprint density at radius 2 is 1.72 bits per heavy atom. The van der Waals surface area contributed by atoms with Crippen LogP contribution in [0.3, 0.4) is 0 Å². The Bertz CT molecular complexity index is 853. The molecule has 0 aliphatic carbocycles. The number of nitrogens with one attached hydrogen (secondary N) is 1. The molecule has 0 aliphatic rings. The van der Waals surface area contributed by atoms with Gasteiger partial charge < -0.3 is 15.2 Å². The Labute approximate surface area is 150 Å². The van der Waals surface area contributed by atoms with Crippen LogP contribution in [0, 0.1) is 5.82 Å². The molecular formula is C20H17ClFNO2. The predicted octanol–water partition coefficient (Wildman–Crippen LogP) is 5.38. The highest BCUT2D eigenvalue weighted by atomic mass is 35.5. The Hall–Kier alpha value is -2.72. The van der Waals surface area contributed by atoms with Gasteiger partial charge in [0, 0.05) is 23.4 Å². The molecule has 128 valence electrons. The second kappa shape index (κ2) is 7.90. The van der Waals surface area contributed by atoms with Crippen molar-refractivity contribution in [1.82, 2.24) is 0 Å². The van der Waals surface area contributed by atoms with Gasteiger partial charge in [-0.25, -0.2) is 4.39 Å². The van der Waals surface area contributed by atoms with Gasteiger partial charge in [0.15, 0.2) is 0 Å². The first-order valence-corrected chi connectivity index (χ1v) is 8.17. The first kappa shape index (κ1) is 17.1. The summed E-state index contributed by atoms with van der Waals surface area (Å²) in [5, 5.41) is 12.9. The topological polar surface area (TPSA) is 41.5 Å². The number of rotatable bonds is 6. The number of benzene rings is 3. The first-order chi connectivity index (χ1) is 12.1. The lowest BCUT2D eigenvalue weighted by molar-refractivity contribution is 0.303. The van der Waals surface area contributed by atoms with Crippen LogP contribution in [0.1, 0.15) is 11.1 Å². The Morgan fingerprint density at radius 3 is 2.48 bits per heavy atom. The second-order valence-corrected chi connectivity index (χ2v) is 5.94. The summed E-state index contributed by atoms with van der Waals surface area (Å²) >= 11 is 6.04. The largest absolute Gasteiger partial charge is 0.508 e. The maximum absolute atomic E-state index is 13.1. The number of aromatic hydroxyl groups is 1. The van der Waals surface area contributed by atoms with E-state index < -0.39 is 0 Å². The van der Waals surface area contributed by atoms with Crippen molar-refractivity contribution in [1.29, 1.82) is 0 Å². The van der Waals surface area contributed by atoms with E-state index in [2.05, 4.69) is 5.32 Å². The molecule has 0 saturated heterocycles. The average Bonchev–Trinajstić information content (AvgIpc) is 2.61. The quantitative estimate of drug-likeness (QED) is 0.582. The summed E-state index contributed by atoms with van der Waals surface area (Å²) in [6.07, 6.45) is 0. The van der Waals surface area contributed by atoms with Crippen molar-refractivity contribution in [2.24, 2.45) is 0 Å². The molecular weight excluding hydrogens is 341 g/mol. The zero-order chi connectivity index (χ0) is 17.6. The third-order valence-corrected chi connectivity index (χ3v) is 4.07. The number of phenolic OH excluding ortho intramolecular Hbond substituents is 1. The van der Waals surface area contributed by atoms with E-state index in [-0.39, 0.29) is 18.2 Å². The molecule has 0 unspecified atom stereocenters. The van der Waals surface area contributed by atoms with E-state index in [0.29, 0.717) is 11.6 Å². The van der Waals surface area contributed by atoms with E-state index in [1.54, 1.807) is 30.3 Å². The first-order valence-electron chi connectivity index (χ1n) is 7.79. The van der Waals surface area contributed by atoms with Crippen LogP contribution in [0.15, 0.2) is 66.7 Å². The molecule has 0 heterocycles. The monoisotopic (exact) mass is 357 g/mol. The van der Waals surface area contributed by atoms with E-state index in [1.807, 2.05) is 24.3 Å². The van der Waals surface area contributed by atoms with E-state index in [9.17, 15) is 9.50 Å². The highest BCUT2D eigenvalue weighted by Gasteiger charge is 2.06. The molecule has 3 rings (SSSR count). The normalized spacial score (nSPS) is 10.5. The minimum Gasteiger partial charge on any atom is -0.508 e. The average molecular weight is 358 g/mol. The Morgan fingerprint density at radius 1 is 0.960 bits per heavy atom. The Kier molecular flexibility index (Phi) is 5.41. The van der Waals surface area contributed by atoms with Gasteiger partial charge in [-0.2, -0.15) is 0 Å². The van der Waals surface area contributed by atoms with Gasteiger partial charge in [0.1, 0.15) is 23.9 Å². The summed E-state index contributed by atoms with van der Waals surface area (Å²) in [5.74, 6) is 0.590. The molecule has 0 aliphatic heterocycles. The molecule has 25 heavy (non-hydrogen) atoms. The lowest BCUT2D eigenvalue weighted by atomic mass is 10.2. The van der Waals surface area contributed by atoms with E-state index >= 15 is 0 Å². The lowest BCUT2D eigenvalue weighted by Crippen LogP contribution is -2.04. The van der Waals surface area contributed by atoms with Crippen molar-refractivity contribution >= 4 is 17.3 Å². The molecule has 0 spiro atoms. The van der Waals surface area contributed by atoms with Crippen LogP contribution >= 0.6 is 11.6 Å². The van der Waals surface area contributed by atoms with Gasteiger partial charge in [0.2, 0.25) is 0 Å². The summed E-state index contributed by atoms with van der Waals surface area (Å²) in [4.78, 5) is 0. The van der Waals surface area contributed by atoms with Gasteiger partial charge in [-0.1, -0.05) is 35.9 Å². The van der Waals surface area contributed by atoms with Crippen molar-refractivity contribution in [3.05, 3.63) is 88.7 Å². The summed E-state index contributed by atoms with van der Waals surface area (Å²) in [6.45, 7) is 0.827. The third-order valence-electron chi connectivity index (χ3n) is 3.72. The van der Waals surface area contributed by atoms with Gasteiger partial charge in [-0.3, -0.25) is 0 Å². The minimum atomic E-state index is -0.368. The van der Waals surface area contributed by atoms with E-state index in [4.69, 9.17) is 16.3 Å². The molecule has 0 atom stereocenters. The highest BCUT2D eigenvalue weighted by molar-refractivity contribution is 6.31. The predicted molar refractivity (Wildman–Crippen MR) is 97.6 cm³/mol. The van der Waals surface area contributed by atoms with Gasteiger partial charge in [-0.05, 0) is 42.5 Å². The number of para-hydroxylation sites is 1. The minimum absolute atomic E-state index is 0.227. The zero-order valence-corrected chi connectivity index (χ0v) is 14.1. The molecule has 0 amide bonds. The summed E-state index contributed by atoms with van der Waals surface area (Å²) < 4.78 is 19.0. The van der Waals surface area contributed by atoms with Crippen molar-refractivity contribution in [2.45, 2.75) is 13.2 Å². The fourth-order valence-electron chi connectivity index (χ4n) is 2.36. The summed E-state index contributed by atoms with van der Waals surface area (Å²) in [7, 11) is 0. The van der Waals surface area contributed by atoms with Crippen LogP contribution in [0.5, 0.6) is 11.5 Å². The van der Waals surface area contributed by atoms with Gasteiger partial charge in [0.25, 0.3) is 0 Å². The Balaban J connectivity index is 1.67. The fraction of sp³-hybridized carbons (Fsp3) is 0.100. The van der Waals surface area contributed by atoms with Crippen LogP contribution < -0.4 is 10.1 Å². The van der Waals surface area contributed by atoms with Gasteiger partial charge in [-0.15, -0.1) is 0 Å². The van der Waals surface area contributed by atoms with Crippen molar-refractivity contribution in [3.8, 4) is 11.5 Å². The zero-order valence-electron chi connectivity index (χ0n) is 13.4. The molecule has 5 heteroatoms. The number of anilines is 1. The maximum Gasteiger partial charge on any atom is 0.124 e. The van der Waals surface area contributed by atoms with Crippen molar-refractivity contribution in [2.75, 3.05) is 5.32 Å². The summed E-state index contributed by atoms with van der Waals surface area (Å²) in [6, 6.07) is 18.8. The van der Waals surface area contributed by atoms with Crippen LogP contribution in [0.25, 0.3) is 0 Å². The van der Waals surface area contributed by atoms with Gasteiger partial charge in [0.05, 0.1) is 5.02 Å². The summed E-state index contributed by atoms with van der Waals surface area (Å²) in [5.41, 5.74) is 2.60. The fourth-order valence-corrected chi connectivity index (χ4v) is 2.58. The lowest BCUT2D eigenvalue weighted by Gasteiger charge is -2.13. The molecule has 0 saturated carbocycles. The molecule has 3 aromatic carbocycles. The van der Waals surface area contributed by atoms with E-state index in [1.165, 1.54) is 12.1 Å². The number of hydrogen-bond acceptors (Lipinski definition) is 3. The van der Waals surface area contributed by atoms with E-state index in [0.717, 1.165) is 22.6 Å². The van der Waals surface area contributed by atoms with Crippen LogP contribution in [0.2, 0.25) is 5.02 Å². The van der Waals surface area contributed by atoms with Crippen LogP contribution in [-0.2, 0) is 13.2 Å². The van der Waals surface area contributed by atoms with Crippen molar-refractivity contribution in [3.63, 3.8) is 0 Å². The number of ether oxygens (including phenoxy) is 1. The molecule has 3 nitrogen and oxygen atoms in total. The standard InChI is InChI=1S/C20H17ClFNO2/c21-19-11-16(22)6-5-15(19)13-25-20-4-2-1-3-14(20)12-23-17-7-9-18(24)10-8-17/h1-11,23-24H,12-13H2. The molecule has 0 bridgehead atoms. The molecule has 0 fully saturated rings. The van der Waals surface area contributed by atoms with Gasteiger partial charge >= 0.3 is 0 Å². The highest BCUT2D eigenvalue weighted by Crippen LogP contribution is 2.24. The molecule has 0 radical (unpaired) electrons.